The number of carbonyl (C=O) groups excluding carboxylic acids is 3. The molecule has 0 bridgehead atoms. The summed E-state index contributed by atoms with van der Waals surface area (Å²) >= 11 is 0. The van der Waals surface area contributed by atoms with Gasteiger partial charge in [-0.3, -0.25) is 14.4 Å². The van der Waals surface area contributed by atoms with Crippen molar-refractivity contribution in [3.8, 4) is 0 Å². The lowest BCUT2D eigenvalue weighted by atomic mass is 9.96. The summed E-state index contributed by atoms with van der Waals surface area (Å²) in [6, 6.07) is 7.04. The van der Waals surface area contributed by atoms with E-state index in [0.29, 0.717) is 37.2 Å². The third-order valence-electron chi connectivity index (χ3n) is 4.64. The van der Waals surface area contributed by atoms with E-state index >= 15 is 0 Å². The van der Waals surface area contributed by atoms with E-state index in [1.807, 2.05) is 0 Å². The molecule has 1 N–H and O–H groups in total. The molecule has 0 radical (unpaired) electrons. The molecule has 24 heavy (non-hydrogen) atoms. The third-order valence-corrected chi connectivity index (χ3v) is 4.64. The second-order valence-corrected chi connectivity index (χ2v) is 6.43. The highest BCUT2D eigenvalue weighted by molar-refractivity contribution is 5.98. The number of piperidine rings is 1. The summed E-state index contributed by atoms with van der Waals surface area (Å²) < 4.78 is 4.76. The highest BCUT2D eigenvalue weighted by Gasteiger charge is 2.30. The Hall–Kier alpha value is -2.37. The van der Waals surface area contributed by atoms with E-state index in [2.05, 4.69) is 5.32 Å². The van der Waals surface area contributed by atoms with Gasteiger partial charge < -0.3 is 15.0 Å². The first kappa shape index (κ1) is 16.5. The number of amides is 2. The maximum absolute atomic E-state index is 12.6. The maximum atomic E-state index is 12.6. The van der Waals surface area contributed by atoms with Gasteiger partial charge in [-0.25, -0.2) is 0 Å². The Balaban J connectivity index is 1.61. The molecule has 1 aliphatic heterocycles. The van der Waals surface area contributed by atoms with Crippen molar-refractivity contribution in [2.24, 2.45) is 11.8 Å². The first-order valence-corrected chi connectivity index (χ1v) is 8.36. The summed E-state index contributed by atoms with van der Waals surface area (Å²) in [5.74, 6) is -0.240. The van der Waals surface area contributed by atoms with Crippen LogP contribution in [0.5, 0.6) is 0 Å². The highest BCUT2D eigenvalue weighted by Crippen LogP contribution is 2.30. The standard InChI is InChI=1S/C18H22N2O4/c1-24-18(23)13-7-9-20(10-8-13)17(22)14-3-2-4-15(11-14)19-16(21)12-5-6-12/h2-4,11-13H,5-10H2,1H3,(H,19,21). The number of methoxy groups -OCH3 is 1. The van der Waals surface area contributed by atoms with Crippen molar-refractivity contribution in [2.45, 2.75) is 25.7 Å². The lowest BCUT2D eigenvalue weighted by molar-refractivity contribution is -0.146. The quantitative estimate of drug-likeness (QED) is 0.858. The van der Waals surface area contributed by atoms with Crippen LogP contribution in [0.4, 0.5) is 5.69 Å². The van der Waals surface area contributed by atoms with E-state index in [9.17, 15) is 14.4 Å². The molecule has 6 nitrogen and oxygen atoms in total. The molecular formula is C18H22N2O4. The van der Waals surface area contributed by atoms with Gasteiger partial charge in [0.2, 0.25) is 5.91 Å². The zero-order valence-electron chi connectivity index (χ0n) is 13.8. The van der Waals surface area contributed by atoms with Gasteiger partial charge in [0.25, 0.3) is 5.91 Å². The molecule has 0 spiro atoms. The highest BCUT2D eigenvalue weighted by atomic mass is 16.5. The third kappa shape index (κ3) is 3.75. The number of rotatable bonds is 4. The first-order chi connectivity index (χ1) is 11.6. The van der Waals surface area contributed by atoms with E-state index in [1.54, 1.807) is 29.2 Å². The lowest BCUT2D eigenvalue weighted by Crippen LogP contribution is -2.40. The fourth-order valence-corrected chi connectivity index (χ4v) is 2.99. The Morgan fingerprint density at radius 2 is 1.79 bits per heavy atom. The number of hydrogen-bond acceptors (Lipinski definition) is 4. The normalized spacial score (nSPS) is 18.1. The maximum Gasteiger partial charge on any atom is 0.308 e. The minimum absolute atomic E-state index is 0.0264. The topological polar surface area (TPSA) is 75.7 Å². The van der Waals surface area contributed by atoms with Crippen molar-refractivity contribution in [2.75, 3.05) is 25.5 Å². The molecule has 1 aromatic carbocycles. The molecule has 0 atom stereocenters. The average molecular weight is 330 g/mol. The Morgan fingerprint density at radius 3 is 2.42 bits per heavy atom. The zero-order chi connectivity index (χ0) is 17.1. The largest absolute Gasteiger partial charge is 0.469 e. The number of nitrogens with zero attached hydrogens (tertiary/aromatic N) is 1. The van der Waals surface area contributed by atoms with Crippen molar-refractivity contribution in [1.82, 2.24) is 4.90 Å². The van der Waals surface area contributed by atoms with Crippen molar-refractivity contribution >= 4 is 23.5 Å². The van der Waals surface area contributed by atoms with Crippen LogP contribution >= 0.6 is 0 Å². The fourth-order valence-electron chi connectivity index (χ4n) is 2.99. The van der Waals surface area contributed by atoms with Crippen LogP contribution in [0.2, 0.25) is 0 Å². The van der Waals surface area contributed by atoms with E-state index in [0.717, 1.165) is 12.8 Å². The van der Waals surface area contributed by atoms with Gasteiger partial charge in [0, 0.05) is 30.3 Å². The van der Waals surface area contributed by atoms with Crippen LogP contribution in [0, 0.1) is 11.8 Å². The number of anilines is 1. The van der Waals surface area contributed by atoms with Gasteiger partial charge >= 0.3 is 5.97 Å². The van der Waals surface area contributed by atoms with Crippen molar-refractivity contribution in [3.63, 3.8) is 0 Å². The molecule has 2 amide bonds. The second-order valence-electron chi connectivity index (χ2n) is 6.43. The minimum atomic E-state index is -0.202. The van der Waals surface area contributed by atoms with Crippen molar-refractivity contribution in [1.29, 1.82) is 0 Å². The molecule has 1 aromatic rings. The molecule has 2 fully saturated rings. The van der Waals surface area contributed by atoms with Crippen molar-refractivity contribution < 1.29 is 19.1 Å². The predicted molar refractivity (Wildman–Crippen MR) is 88.4 cm³/mol. The van der Waals surface area contributed by atoms with Gasteiger partial charge in [-0.2, -0.15) is 0 Å². The van der Waals surface area contributed by atoms with Gasteiger partial charge in [-0.1, -0.05) is 6.07 Å². The van der Waals surface area contributed by atoms with Crippen LogP contribution in [0.3, 0.4) is 0 Å². The molecule has 2 aliphatic rings. The van der Waals surface area contributed by atoms with Crippen LogP contribution in [0.25, 0.3) is 0 Å². The molecule has 1 saturated carbocycles. The Bertz CT molecular complexity index is 646. The molecule has 1 heterocycles. The molecule has 0 aromatic heterocycles. The SMILES string of the molecule is COC(=O)C1CCN(C(=O)c2cccc(NC(=O)C3CC3)c2)CC1. The first-order valence-electron chi connectivity index (χ1n) is 8.36. The number of ether oxygens (including phenoxy) is 1. The molecule has 1 aliphatic carbocycles. The number of nitrogens with one attached hydrogen (secondary N) is 1. The molecule has 128 valence electrons. The zero-order valence-corrected chi connectivity index (χ0v) is 13.8. The second kappa shape index (κ2) is 7.03. The Labute approximate surface area is 141 Å². The number of benzene rings is 1. The van der Waals surface area contributed by atoms with Crippen LogP contribution in [-0.4, -0.2) is 42.9 Å². The lowest BCUT2D eigenvalue weighted by Gasteiger charge is -2.30. The monoisotopic (exact) mass is 330 g/mol. The molecular weight excluding hydrogens is 308 g/mol. The average Bonchev–Trinajstić information content (AvgIpc) is 3.46. The van der Waals surface area contributed by atoms with E-state index in [1.165, 1.54) is 7.11 Å². The summed E-state index contributed by atoms with van der Waals surface area (Å²) in [6.07, 6.45) is 3.13. The van der Waals surface area contributed by atoms with Gasteiger partial charge in [0.15, 0.2) is 0 Å². The van der Waals surface area contributed by atoms with Crippen LogP contribution in [0.1, 0.15) is 36.0 Å². The summed E-state index contributed by atoms with van der Waals surface area (Å²) in [5.41, 5.74) is 1.21. The van der Waals surface area contributed by atoms with Gasteiger partial charge in [-0.15, -0.1) is 0 Å². The van der Waals surface area contributed by atoms with E-state index < -0.39 is 0 Å². The number of hydrogen-bond donors (Lipinski definition) is 1. The summed E-state index contributed by atoms with van der Waals surface area (Å²) in [5, 5.41) is 2.86. The van der Waals surface area contributed by atoms with Gasteiger partial charge in [0.1, 0.15) is 0 Å². The van der Waals surface area contributed by atoms with E-state index in [-0.39, 0.29) is 29.6 Å². The summed E-state index contributed by atoms with van der Waals surface area (Å²) in [4.78, 5) is 37.8. The Morgan fingerprint density at radius 1 is 1.08 bits per heavy atom. The number of esters is 1. The fraction of sp³-hybridized carbons (Fsp3) is 0.500. The van der Waals surface area contributed by atoms with Gasteiger partial charge in [0.05, 0.1) is 13.0 Å². The van der Waals surface area contributed by atoms with Crippen molar-refractivity contribution in [3.05, 3.63) is 29.8 Å². The molecule has 6 heteroatoms. The number of carbonyl (C=O) groups is 3. The minimum Gasteiger partial charge on any atom is -0.469 e. The smallest absolute Gasteiger partial charge is 0.308 e. The summed E-state index contributed by atoms with van der Waals surface area (Å²) in [7, 11) is 1.39. The van der Waals surface area contributed by atoms with E-state index in [4.69, 9.17) is 4.74 Å². The predicted octanol–water partition coefficient (Wildman–Crippen LogP) is 2.06. The van der Waals surface area contributed by atoms with Gasteiger partial charge in [-0.05, 0) is 43.9 Å². The molecule has 0 unspecified atom stereocenters. The number of likely N-dealkylation sites (tertiary alicyclic amines) is 1. The molecule has 3 rings (SSSR count). The summed E-state index contributed by atoms with van der Waals surface area (Å²) in [6.45, 7) is 1.08. The molecule has 1 saturated heterocycles. The van der Waals surface area contributed by atoms with Crippen LogP contribution in [0.15, 0.2) is 24.3 Å². The van der Waals surface area contributed by atoms with Crippen LogP contribution in [-0.2, 0) is 14.3 Å². The Kier molecular flexibility index (Phi) is 4.83. The van der Waals surface area contributed by atoms with Crippen LogP contribution < -0.4 is 5.32 Å².